The third-order valence-corrected chi connectivity index (χ3v) is 2.37. The Hall–Kier alpha value is -1.22. The number of aliphatic hydroxyl groups excluding tert-OH is 1. The molecule has 0 atom stereocenters. The first-order valence-corrected chi connectivity index (χ1v) is 4.38. The molecule has 2 nitrogen and oxygen atoms in total. The molecule has 1 aliphatic rings. The molecule has 1 aromatic rings. The molecule has 3 heteroatoms. The van der Waals surface area contributed by atoms with Gasteiger partial charge in [0.2, 0.25) is 5.12 Å². The molecule has 0 spiro atoms. The highest BCUT2D eigenvalue weighted by Crippen LogP contribution is 2.32. The first kappa shape index (κ1) is 8.38. The van der Waals surface area contributed by atoms with Crippen molar-refractivity contribution in [3.63, 3.8) is 0 Å². The van der Waals surface area contributed by atoms with Crippen LogP contribution in [0.2, 0.25) is 0 Å². The van der Waals surface area contributed by atoms with Crippen LogP contribution in [0.5, 0.6) is 0 Å². The Labute approximate surface area is 81.3 Å². The molecule has 13 heavy (non-hydrogen) atoms. The molecule has 0 saturated carbocycles. The summed E-state index contributed by atoms with van der Waals surface area (Å²) in [5, 5.41) is 9.12. The number of thiol groups is 1. The average Bonchev–Trinajstić information content (AvgIpc) is 2.39. The van der Waals surface area contributed by atoms with E-state index in [1.54, 1.807) is 0 Å². The van der Waals surface area contributed by atoms with E-state index in [1.165, 1.54) is 0 Å². The van der Waals surface area contributed by atoms with E-state index in [9.17, 15) is 9.90 Å². The highest BCUT2D eigenvalue weighted by atomic mass is 32.1. The molecule has 0 fully saturated rings. The average molecular weight is 192 g/mol. The molecule has 0 aromatic heterocycles. The van der Waals surface area contributed by atoms with Crippen molar-refractivity contribution in [3.05, 3.63) is 41.2 Å². The molecular weight excluding hydrogens is 184 g/mol. The van der Waals surface area contributed by atoms with Gasteiger partial charge in [0.05, 0.1) is 5.57 Å². The fourth-order valence-electron chi connectivity index (χ4n) is 1.58. The van der Waals surface area contributed by atoms with Crippen LogP contribution in [0, 0.1) is 0 Å². The minimum absolute atomic E-state index is 0.126. The summed E-state index contributed by atoms with van der Waals surface area (Å²) in [4.78, 5) is 11.1. The zero-order chi connectivity index (χ0) is 9.42. The summed E-state index contributed by atoms with van der Waals surface area (Å²) in [6.07, 6.45) is 0.442. The maximum Gasteiger partial charge on any atom is 0.220 e. The predicted octanol–water partition coefficient (Wildman–Crippen LogP) is 1.97. The van der Waals surface area contributed by atoms with Crippen molar-refractivity contribution >= 4 is 23.3 Å². The van der Waals surface area contributed by atoms with Gasteiger partial charge in [-0.25, -0.2) is 0 Å². The zero-order valence-electron chi connectivity index (χ0n) is 6.82. The quantitative estimate of drug-likeness (QED) is 0.667. The Morgan fingerprint density at radius 1 is 1.38 bits per heavy atom. The minimum atomic E-state index is -0.373. The molecule has 1 aromatic carbocycles. The van der Waals surface area contributed by atoms with E-state index in [0.29, 0.717) is 12.0 Å². The van der Waals surface area contributed by atoms with Crippen molar-refractivity contribution in [1.29, 1.82) is 0 Å². The van der Waals surface area contributed by atoms with Crippen LogP contribution in [0.15, 0.2) is 30.0 Å². The first-order valence-electron chi connectivity index (χ1n) is 3.94. The van der Waals surface area contributed by atoms with Crippen molar-refractivity contribution in [2.24, 2.45) is 0 Å². The van der Waals surface area contributed by atoms with Gasteiger partial charge in [0.1, 0.15) is 5.76 Å². The molecule has 1 aliphatic carbocycles. The summed E-state index contributed by atoms with van der Waals surface area (Å²) < 4.78 is 0. The maximum atomic E-state index is 11.1. The van der Waals surface area contributed by atoms with E-state index < -0.39 is 0 Å². The molecule has 1 N–H and O–H groups in total. The Kier molecular flexibility index (Phi) is 1.88. The molecule has 66 valence electrons. The number of benzene rings is 1. The number of allylic oxidation sites excluding steroid dienone is 1. The molecule has 0 aliphatic heterocycles. The Balaban J connectivity index is 2.59. The number of carbonyl (C=O) groups is 1. The van der Waals surface area contributed by atoms with Crippen molar-refractivity contribution in [1.82, 2.24) is 0 Å². The largest absolute Gasteiger partial charge is 0.511 e. The monoisotopic (exact) mass is 192 g/mol. The summed E-state index contributed by atoms with van der Waals surface area (Å²) in [5.74, 6) is 0.126. The highest BCUT2D eigenvalue weighted by molar-refractivity contribution is 7.98. The van der Waals surface area contributed by atoms with Crippen LogP contribution in [0.4, 0.5) is 0 Å². The standard InChI is InChI=1S/C10H8O2S/c11-8-5-6-3-1-2-4-7(6)9(8)10(12)13/h1-4,11H,5H2,(H,12,13). The SMILES string of the molecule is O=C(S)C1=C(O)Cc2ccccc21. The number of carbonyl (C=O) groups excluding carboxylic acids is 1. The Morgan fingerprint density at radius 3 is 2.77 bits per heavy atom. The van der Waals surface area contributed by atoms with Gasteiger partial charge in [-0.15, -0.1) is 12.6 Å². The van der Waals surface area contributed by atoms with Gasteiger partial charge in [-0.2, -0.15) is 0 Å². The lowest BCUT2D eigenvalue weighted by atomic mass is 10.1. The van der Waals surface area contributed by atoms with E-state index in [-0.39, 0.29) is 10.9 Å². The number of fused-ring (bicyclic) bond motifs is 1. The molecule has 0 unspecified atom stereocenters. The van der Waals surface area contributed by atoms with Crippen LogP contribution in [-0.2, 0) is 11.2 Å². The Morgan fingerprint density at radius 2 is 2.08 bits per heavy atom. The lowest BCUT2D eigenvalue weighted by Crippen LogP contribution is -1.92. The molecular formula is C10H8O2S. The van der Waals surface area contributed by atoms with Crippen molar-refractivity contribution < 1.29 is 9.90 Å². The number of hydrogen-bond donors (Lipinski definition) is 2. The van der Waals surface area contributed by atoms with Gasteiger partial charge in [-0.05, 0) is 11.1 Å². The summed E-state index contributed by atoms with van der Waals surface area (Å²) in [6, 6.07) is 7.45. The van der Waals surface area contributed by atoms with Crippen LogP contribution in [0.1, 0.15) is 11.1 Å². The van der Waals surface area contributed by atoms with E-state index in [1.807, 2.05) is 24.3 Å². The third kappa shape index (κ3) is 1.25. The molecule has 0 heterocycles. The second-order valence-electron chi connectivity index (χ2n) is 2.96. The van der Waals surface area contributed by atoms with Crippen molar-refractivity contribution in [2.75, 3.05) is 0 Å². The minimum Gasteiger partial charge on any atom is -0.511 e. The lowest BCUT2D eigenvalue weighted by Gasteiger charge is -1.99. The molecule has 0 amide bonds. The Bertz CT molecular complexity index is 407. The highest BCUT2D eigenvalue weighted by Gasteiger charge is 2.23. The van der Waals surface area contributed by atoms with Gasteiger partial charge in [0.25, 0.3) is 0 Å². The topological polar surface area (TPSA) is 37.3 Å². The van der Waals surface area contributed by atoms with E-state index in [0.717, 1.165) is 11.1 Å². The van der Waals surface area contributed by atoms with Crippen LogP contribution >= 0.6 is 12.6 Å². The number of aliphatic hydroxyl groups is 1. The van der Waals surface area contributed by atoms with Crippen LogP contribution in [0.25, 0.3) is 5.57 Å². The number of rotatable bonds is 1. The summed E-state index contributed by atoms with van der Waals surface area (Å²) >= 11 is 3.72. The summed E-state index contributed by atoms with van der Waals surface area (Å²) in [6.45, 7) is 0. The van der Waals surface area contributed by atoms with E-state index in [2.05, 4.69) is 12.6 Å². The van der Waals surface area contributed by atoms with Crippen molar-refractivity contribution in [3.8, 4) is 0 Å². The van der Waals surface area contributed by atoms with E-state index in [4.69, 9.17) is 0 Å². The van der Waals surface area contributed by atoms with Crippen LogP contribution < -0.4 is 0 Å². The summed E-state index contributed by atoms with van der Waals surface area (Å²) in [7, 11) is 0. The van der Waals surface area contributed by atoms with Gasteiger partial charge in [-0.3, -0.25) is 4.79 Å². The van der Waals surface area contributed by atoms with E-state index >= 15 is 0 Å². The smallest absolute Gasteiger partial charge is 0.220 e. The molecule has 0 saturated heterocycles. The van der Waals surface area contributed by atoms with Crippen LogP contribution in [0.3, 0.4) is 0 Å². The number of hydrogen-bond acceptors (Lipinski definition) is 2. The fourth-order valence-corrected chi connectivity index (χ4v) is 1.83. The molecule has 0 bridgehead atoms. The fraction of sp³-hybridized carbons (Fsp3) is 0.100. The van der Waals surface area contributed by atoms with Gasteiger partial charge in [0.15, 0.2) is 0 Å². The van der Waals surface area contributed by atoms with Gasteiger partial charge in [-0.1, -0.05) is 24.3 Å². The van der Waals surface area contributed by atoms with Gasteiger partial charge < -0.3 is 5.11 Å². The van der Waals surface area contributed by atoms with Gasteiger partial charge >= 0.3 is 0 Å². The summed E-state index contributed by atoms with van der Waals surface area (Å²) in [5.41, 5.74) is 2.14. The van der Waals surface area contributed by atoms with Gasteiger partial charge in [0, 0.05) is 6.42 Å². The zero-order valence-corrected chi connectivity index (χ0v) is 7.71. The van der Waals surface area contributed by atoms with Crippen molar-refractivity contribution in [2.45, 2.75) is 6.42 Å². The second-order valence-corrected chi connectivity index (χ2v) is 3.37. The normalized spacial score (nSPS) is 14.5. The molecule has 2 rings (SSSR count). The first-order chi connectivity index (χ1) is 6.20. The second kappa shape index (κ2) is 2.92. The maximum absolute atomic E-state index is 11.1. The van der Waals surface area contributed by atoms with Crippen LogP contribution in [-0.4, -0.2) is 10.2 Å². The predicted molar refractivity (Wildman–Crippen MR) is 53.7 cm³/mol. The molecule has 0 radical (unpaired) electrons. The lowest BCUT2D eigenvalue weighted by molar-refractivity contribution is -0.106. The third-order valence-electron chi connectivity index (χ3n) is 2.15.